The van der Waals surface area contributed by atoms with Crippen molar-refractivity contribution in [3.8, 4) is 22.8 Å². The first-order chi connectivity index (χ1) is 10.3. The van der Waals surface area contributed by atoms with Gasteiger partial charge in [-0.2, -0.15) is 4.98 Å². The van der Waals surface area contributed by atoms with Gasteiger partial charge in [-0.15, -0.1) is 0 Å². The molecule has 21 heavy (non-hydrogen) atoms. The molecule has 0 spiro atoms. The fourth-order valence-electron chi connectivity index (χ4n) is 2.16. The van der Waals surface area contributed by atoms with E-state index in [-0.39, 0.29) is 0 Å². The summed E-state index contributed by atoms with van der Waals surface area (Å²) >= 11 is 0. The predicted molar refractivity (Wildman–Crippen MR) is 80.2 cm³/mol. The number of rotatable bonds is 4. The van der Waals surface area contributed by atoms with Crippen molar-refractivity contribution < 1.29 is 4.52 Å². The van der Waals surface area contributed by atoms with Gasteiger partial charge in [-0.05, 0) is 35.7 Å². The Morgan fingerprint density at radius 3 is 2.67 bits per heavy atom. The lowest BCUT2D eigenvalue weighted by atomic mass is 10.1. The zero-order valence-corrected chi connectivity index (χ0v) is 11.8. The first-order valence-electron chi connectivity index (χ1n) is 6.88. The summed E-state index contributed by atoms with van der Waals surface area (Å²) in [4.78, 5) is 8.61. The summed E-state index contributed by atoms with van der Waals surface area (Å²) in [5, 5.41) is 4.08. The Morgan fingerprint density at radius 1 is 1.14 bits per heavy atom. The van der Waals surface area contributed by atoms with Crippen LogP contribution in [-0.4, -0.2) is 15.1 Å². The fourth-order valence-corrected chi connectivity index (χ4v) is 2.16. The van der Waals surface area contributed by atoms with Crippen LogP contribution in [-0.2, 0) is 13.0 Å². The van der Waals surface area contributed by atoms with Gasteiger partial charge in [-0.3, -0.25) is 4.98 Å². The molecule has 0 aliphatic heterocycles. The zero-order chi connectivity index (χ0) is 14.7. The van der Waals surface area contributed by atoms with Gasteiger partial charge < -0.3 is 10.3 Å². The van der Waals surface area contributed by atoms with Crippen LogP contribution in [0.3, 0.4) is 0 Å². The van der Waals surface area contributed by atoms with Crippen LogP contribution in [0.25, 0.3) is 22.8 Å². The van der Waals surface area contributed by atoms with Gasteiger partial charge in [0.15, 0.2) is 0 Å². The summed E-state index contributed by atoms with van der Waals surface area (Å²) in [6.07, 6.45) is 4.44. The van der Waals surface area contributed by atoms with E-state index in [4.69, 9.17) is 10.3 Å². The number of benzene rings is 1. The number of aryl methyl sites for hydroxylation is 1. The number of aromatic nitrogens is 3. The maximum Gasteiger partial charge on any atom is 0.258 e. The van der Waals surface area contributed by atoms with Gasteiger partial charge in [0.1, 0.15) is 0 Å². The van der Waals surface area contributed by atoms with Crippen LogP contribution >= 0.6 is 0 Å². The summed E-state index contributed by atoms with van der Waals surface area (Å²) in [6, 6.07) is 9.71. The molecular formula is C16H16N4O. The van der Waals surface area contributed by atoms with Crippen LogP contribution in [0.1, 0.15) is 18.1 Å². The average molecular weight is 280 g/mol. The number of nitrogens with zero attached hydrogens (tertiary/aromatic N) is 3. The number of pyridine rings is 1. The number of hydrogen-bond donors (Lipinski definition) is 1. The zero-order valence-electron chi connectivity index (χ0n) is 11.8. The molecule has 0 aliphatic rings. The maximum atomic E-state index is 5.59. The Labute approximate surface area is 122 Å². The Kier molecular flexibility index (Phi) is 3.75. The normalized spacial score (nSPS) is 10.8. The Bertz CT molecular complexity index is 734. The second-order valence-electron chi connectivity index (χ2n) is 4.71. The van der Waals surface area contributed by atoms with Crippen molar-refractivity contribution in [2.24, 2.45) is 5.73 Å². The second-order valence-corrected chi connectivity index (χ2v) is 4.71. The highest BCUT2D eigenvalue weighted by molar-refractivity contribution is 5.62. The molecule has 0 amide bonds. The molecule has 0 bridgehead atoms. The Morgan fingerprint density at radius 2 is 1.95 bits per heavy atom. The minimum absolute atomic E-state index is 0.507. The van der Waals surface area contributed by atoms with E-state index >= 15 is 0 Å². The van der Waals surface area contributed by atoms with Crippen molar-refractivity contribution in [2.45, 2.75) is 19.9 Å². The lowest BCUT2D eigenvalue weighted by molar-refractivity contribution is 0.432. The van der Waals surface area contributed by atoms with Crippen molar-refractivity contribution >= 4 is 0 Å². The van der Waals surface area contributed by atoms with Gasteiger partial charge in [0.05, 0.1) is 0 Å². The topological polar surface area (TPSA) is 77.8 Å². The summed E-state index contributed by atoms with van der Waals surface area (Å²) in [5.74, 6) is 1.10. The van der Waals surface area contributed by atoms with E-state index in [0.717, 1.165) is 28.7 Å². The van der Waals surface area contributed by atoms with E-state index in [0.29, 0.717) is 18.3 Å². The molecule has 1 aromatic carbocycles. The molecule has 2 N–H and O–H groups in total. The van der Waals surface area contributed by atoms with Gasteiger partial charge in [-0.1, -0.05) is 24.2 Å². The summed E-state index contributed by atoms with van der Waals surface area (Å²) in [7, 11) is 0. The van der Waals surface area contributed by atoms with Gasteiger partial charge in [-0.25, -0.2) is 0 Å². The smallest absolute Gasteiger partial charge is 0.258 e. The molecule has 3 rings (SSSR count). The molecule has 0 saturated carbocycles. The highest BCUT2D eigenvalue weighted by Crippen LogP contribution is 2.24. The molecule has 2 aromatic heterocycles. The monoisotopic (exact) mass is 280 g/mol. The SMILES string of the molecule is CCc1cnccc1-c1noc(-c2ccc(CN)cc2)n1. The minimum Gasteiger partial charge on any atom is -0.334 e. The molecule has 0 atom stereocenters. The first-order valence-corrected chi connectivity index (χ1v) is 6.88. The van der Waals surface area contributed by atoms with Gasteiger partial charge >= 0.3 is 0 Å². The molecule has 2 heterocycles. The van der Waals surface area contributed by atoms with Crippen LogP contribution in [0.4, 0.5) is 0 Å². The summed E-state index contributed by atoms with van der Waals surface area (Å²) < 4.78 is 5.37. The molecule has 3 aromatic rings. The molecule has 5 heteroatoms. The standard InChI is InChI=1S/C16H16N4O/c1-2-12-10-18-8-7-14(12)15-19-16(21-20-15)13-5-3-11(9-17)4-6-13/h3-8,10H,2,9,17H2,1H3. The molecule has 0 unspecified atom stereocenters. The van der Waals surface area contributed by atoms with E-state index in [1.807, 2.05) is 36.5 Å². The predicted octanol–water partition coefficient (Wildman–Crippen LogP) is 2.82. The highest BCUT2D eigenvalue weighted by atomic mass is 16.5. The number of nitrogens with two attached hydrogens (primary N) is 1. The Balaban J connectivity index is 1.95. The third-order valence-corrected chi connectivity index (χ3v) is 3.39. The maximum absolute atomic E-state index is 5.59. The Hall–Kier alpha value is -2.53. The molecule has 0 radical (unpaired) electrons. The molecule has 106 valence electrons. The van der Waals surface area contributed by atoms with Gasteiger partial charge in [0, 0.05) is 30.1 Å². The molecule has 0 saturated heterocycles. The van der Waals surface area contributed by atoms with Crippen LogP contribution in [0.15, 0.2) is 47.2 Å². The van der Waals surface area contributed by atoms with E-state index < -0.39 is 0 Å². The van der Waals surface area contributed by atoms with Gasteiger partial charge in [0.25, 0.3) is 5.89 Å². The van der Waals surface area contributed by atoms with E-state index in [9.17, 15) is 0 Å². The average Bonchev–Trinajstić information content (AvgIpc) is 3.04. The number of hydrogen-bond acceptors (Lipinski definition) is 5. The highest BCUT2D eigenvalue weighted by Gasteiger charge is 2.13. The lowest BCUT2D eigenvalue weighted by Gasteiger charge is -2.01. The van der Waals surface area contributed by atoms with E-state index in [2.05, 4.69) is 22.0 Å². The van der Waals surface area contributed by atoms with Crippen LogP contribution in [0.5, 0.6) is 0 Å². The van der Waals surface area contributed by atoms with Crippen molar-refractivity contribution in [3.63, 3.8) is 0 Å². The van der Waals surface area contributed by atoms with Crippen molar-refractivity contribution in [2.75, 3.05) is 0 Å². The van der Waals surface area contributed by atoms with Crippen molar-refractivity contribution in [1.29, 1.82) is 0 Å². The largest absolute Gasteiger partial charge is 0.334 e. The lowest BCUT2D eigenvalue weighted by Crippen LogP contribution is -1.95. The summed E-state index contributed by atoms with van der Waals surface area (Å²) in [6.45, 7) is 2.60. The molecular weight excluding hydrogens is 264 g/mol. The quantitative estimate of drug-likeness (QED) is 0.795. The second kappa shape index (κ2) is 5.85. The van der Waals surface area contributed by atoms with Crippen LogP contribution < -0.4 is 5.73 Å². The third kappa shape index (κ3) is 2.68. The molecule has 0 fully saturated rings. The van der Waals surface area contributed by atoms with Crippen molar-refractivity contribution in [1.82, 2.24) is 15.1 Å². The van der Waals surface area contributed by atoms with Crippen LogP contribution in [0, 0.1) is 0 Å². The van der Waals surface area contributed by atoms with E-state index in [1.165, 1.54) is 0 Å². The van der Waals surface area contributed by atoms with E-state index in [1.54, 1.807) is 6.20 Å². The van der Waals surface area contributed by atoms with Crippen LogP contribution in [0.2, 0.25) is 0 Å². The van der Waals surface area contributed by atoms with Gasteiger partial charge in [0.2, 0.25) is 5.82 Å². The van der Waals surface area contributed by atoms with Crippen molar-refractivity contribution in [3.05, 3.63) is 53.9 Å². The first kappa shape index (κ1) is 13.5. The summed E-state index contributed by atoms with van der Waals surface area (Å²) in [5.41, 5.74) is 9.61. The minimum atomic E-state index is 0.507. The third-order valence-electron chi connectivity index (χ3n) is 3.39. The fraction of sp³-hybridized carbons (Fsp3) is 0.188. The molecule has 5 nitrogen and oxygen atoms in total. The molecule has 0 aliphatic carbocycles.